The minimum Gasteiger partial charge on any atom is -0.493 e. The predicted molar refractivity (Wildman–Crippen MR) is 112 cm³/mol. The van der Waals surface area contributed by atoms with Gasteiger partial charge >= 0.3 is 0 Å². The second kappa shape index (κ2) is 7.43. The first-order valence-electron chi connectivity index (χ1n) is 10.5. The number of methoxy groups -OCH3 is 2. The third kappa shape index (κ3) is 2.98. The smallest absolute Gasteiger partial charge is 0.200 e. The van der Waals surface area contributed by atoms with Crippen LogP contribution in [0, 0.1) is 0 Å². The zero-order valence-corrected chi connectivity index (χ0v) is 17.7. The molecule has 0 radical (unpaired) electrons. The van der Waals surface area contributed by atoms with E-state index in [2.05, 4.69) is 45.3 Å². The van der Waals surface area contributed by atoms with Crippen molar-refractivity contribution in [1.82, 2.24) is 19.8 Å². The maximum atomic E-state index is 6.44. The summed E-state index contributed by atoms with van der Waals surface area (Å²) < 4.78 is 19.3. The van der Waals surface area contributed by atoms with Crippen LogP contribution in [0.25, 0.3) is 5.65 Å². The lowest BCUT2D eigenvalue weighted by Gasteiger charge is -2.45. The molecule has 2 aliphatic heterocycles. The van der Waals surface area contributed by atoms with Crippen LogP contribution in [0.15, 0.2) is 24.5 Å². The maximum Gasteiger partial charge on any atom is 0.200 e. The normalized spacial score (nSPS) is 17.9. The molecule has 30 heavy (non-hydrogen) atoms. The van der Waals surface area contributed by atoms with Crippen LogP contribution in [0.5, 0.6) is 11.5 Å². The average Bonchev–Trinajstić information content (AvgIpc) is 3.27. The Bertz CT molecular complexity index is 1070. The number of hydrogen-bond donors (Lipinski definition) is 0. The van der Waals surface area contributed by atoms with E-state index in [9.17, 15) is 0 Å². The van der Waals surface area contributed by atoms with E-state index in [1.807, 2.05) is 0 Å². The van der Waals surface area contributed by atoms with Crippen molar-refractivity contribution in [1.29, 1.82) is 0 Å². The quantitative estimate of drug-likeness (QED) is 0.656. The number of piperidine rings is 1. The average molecular weight is 409 g/mol. The number of ether oxygens (including phenoxy) is 3. The van der Waals surface area contributed by atoms with E-state index in [1.165, 1.54) is 11.1 Å². The van der Waals surface area contributed by atoms with Gasteiger partial charge in [-0.05, 0) is 55.0 Å². The summed E-state index contributed by atoms with van der Waals surface area (Å²) in [7, 11) is 3.37. The van der Waals surface area contributed by atoms with Crippen molar-refractivity contribution in [3.63, 3.8) is 0 Å². The summed E-state index contributed by atoms with van der Waals surface area (Å²) >= 11 is 0. The summed E-state index contributed by atoms with van der Waals surface area (Å²) in [5.74, 6) is 1.54. The molecule has 1 aromatic carbocycles. The molecule has 0 amide bonds. The van der Waals surface area contributed by atoms with Gasteiger partial charge in [0.2, 0.25) is 5.65 Å². The highest BCUT2D eigenvalue weighted by Gasteiger charge is 2.42. The minimum atomic E-state index is -0.284. The summed E-state index contributed by atoms with van der Waals surface area (Å²) in [6, 6.07) is 6.37. The Labute approximate surface area is 175 Å². The van der Waals surface area contributed by atoms with Crippen molar-refractivity contribution in [2.45, 2.75) is 38.2 Å². The molecule has 1 fully saturated rings. The number of aromatic nitrogens is 4. The summed E-state index contributed by atoms with van der Waals surface area (Å²) in [6.07, 6.45) is 5.24. The molecule has 1 spiro atoms. The van der Waals surface area contributed by atoms with Gasteiger partial charge in [-0.3, -0.25) is 0 Å². The molecule has 8 nitrogen and oxygen atoms in total. The van der Waals surface area contributed by atoms with Gasteiger partial charge in [-0.1, -0.05) is 6.92 Å². The SMILES string of the molecule is CCc1cc(N2CCC3(CC2)OCCc2cc(OC)c(OC)cc23)c2nncn2n1. The molecule has 2 aromatic heterocycles. The number of fused-ring (bicyclic) bond motifs is 3. The lowest BCUT2D eigenvalue weighted by atomic mass is 9.79. The van der Waals surface area contributed by atoms with E-state index in [4.69, 9.17) is 14.2 Å². The van der Waals surface area contributed by atoms with Crippen LogP contribution in [0.1, 0.15) is 36.6 Å². The van der Waals surface area contributed by atoms with Crippen molar-refractivity contribution >= 4 is 11.3 Å². The van der Waals surface area contributed by atoms with Gasteiger partial charge in [0, 0.05) is 13.1 Å². The highest BCUT2D eigenvalue weighted by molar-refractivity contribution is 5.68. The van der Waals surface area contributed by atoms with Crippen molar-refractivity contribution in [2.24, 2.45) is 0 Å². The molecule has 8 heteroatoms. The second-order valence-electron chi connectivity index (χ2n) is 7.92. The lowest BCUT2D eigenvalue weighted by molar-refractivity contribution is -0.0767. The number of benzene rings is 1. The van der Waals surface area contributed by atoms with Gasteiger partial charge in [-0.15, -0.1) is 10.2 Å². The molecule has 4 heterocycles. The monoisotopic (exact) mass is 409 g/mol. The molecule has 0 atom stereocenters. The zero-order valence-electron chi connectivity index (χ0n) is 17.7. The minimum absolute atomic E-state index is 0.284. The number of aryl methyl sites for hydroxylation is 1. The number of hydrogen-bond acceptors (Lipinski definition) is 7. The van der Waals surface area contributed by atoms with Crippen LogP contribution >= 0.6 is 0 Å². The Morgan fingerprint density at radius 3 is 2.60 bits per heavy atom. The van der Waals surface area contributed by atoms with Crippen molar-refractivity contribution in [3.05, 3.63) is 41.3 Å². The largest absolute Gasteiger partial charge is 0.493 e. The third-order valence-electron chi connectivity index (χ3n) is 6.42. The van der Waals surface area contributed by atoms with E-state index in [1.54, 1.807) is 25.1 Å². The molecule has 1 saturated heterocycles. The molecule has 158 valence electrons. The van der Waals surface area contributed by atoms with Crippen molar-refractivity contribution in [3.8, 4) is 11.5 Å². The van der Waals surface area contributed by atoms with Gasteiger partial charge < -0.3 is 19.1 Å². The molecule has 5 rings (SSSR count). The van der Waals surface area contributed by atoms with Crippen LogP contribution in [0.2, 0.25) is 0 Å². The predicted octanol–water partition coefficient (Wildman–Crippen LogP) is 2.77. The second-order valence-corrected chi connectivity index (χ2v) is 7.92. The van der Waals surface area contributed by atoms with Crippen molar-refractivity contribution in [2.75, 3.05) is 38.8 Å². The zero-order chi connectivity index (χ0) is 20.7. The molecule has 3 aromatic rings. The molecule has 0 saturated carbocycles. The number of anilines is 1. The fraction of sp³-hybridized carbons (Fsp3) is 0.500. The van der Waals surface area contributed by atoms with Gasteiger partial charge in [0.25, 0.3) is 0 Å². The Morgan fingerprint density at radius 2 is 1.87 bits per heavy atom. The Morgan fingerprint density at radius 1 is 1.10 bits per heavy atom. The van der Waals surface area contributed by atoms with E-state index < -0.39 is 0 Å². The molecule has 0 unspecified atom stereocenters. The summed E-state index contributed by atoms with van der Waals surface area (Å²) in [5, 5.41) is 12.9. The molecular formula is C22H27N5O3. The maximum absolute atomic E-state index is 6.44. The standard InChI is InChI=1S/C22H27N5O3/c1-4-16-12-18(21-24-23-14-27(21)25-16)26-8-6-22(7-9-26)17-13-20(29-3)19(28-2)11-15(17)5-10-30-22/h11-14H,4-10H2,1-3H3. The van der Waals surface area contributed by atoms with Crippen LogP contribution < -0.4 is 14.4 Å². The van der Waals surface area contributed by atoms with E-state index in [0.29, 0.717) is 0 Å². The van der Waals surface area contributed by atoms with Gasteiger partial charge in [0.05, 0.1) is 37.8 Å². The van der Waals surface area contributed by atoms with E-state index >= 15 is 0 Å². The first-order valence-corrected chi connectivity index (χ1v) is 10.5. The summed E-state index contributed by atoms with van der Waals surface area (Å²) in [6.45, 7) is 4.60. The van der Waals surface area contributed by atoms with Gasteiger partial charge in [-0.2, -0.15) is 9.61 Å². The van der Waals surface area contributed by atoms with Crippen LogP contribution in [-0.2, 0) is 23.2 Å². The highest BCUT2D eigenvalue weighted by Crippen LogP contribution is 2.46. The summed E-state index contributed by atoms with van der Waals surface area (Å²) in [5.41, 5.74) is 5.19. The van der Waals surface area contributed by atoms with Crippen LogP contribution in [0.3, 0.4) is 0 Å². The fourth-order valence-electron chi connectivity index (χ4n) is 4.78. The first kappa shape index (κ1) is 19.1. The summed E-state index contributed by atoms with van der Waals surface area (Å²) in [4.78, 5) is 2.38. The Balaban J connectivity index is 1.47. The van der Waals surface area contributed by atoms with Crippen molar-refractivity contribution < 1.29 is 14.2 Å². The van der Waals surface area contributed by atoms with Gasteiger partial charge in [-0.25, -0.2) is 0 Å². The Hall–Kier alpha value is -2.87. The topological polar surface area (TPSA) is 74.0 Å². The number of rotatable bonds is 4. The van der Waals surface area contributed by atoms with E-state index in [-0.39, 0.29) is 5.60 Å². The first-order chi connectivity index (χ1) is 14.7. The Kier molecular flexibility index (Phi) is 4.73. The molecule has 0 bridgehead atoms. The van der Waals surface area contributed by atoms with Crippen LogP contribution in [0.4, 0.5) is 5.69 Å². The molecule has 2 aliphatic rings. The van der Waals surface area contributed by atoms with Gasteiger partial charge in [0.15, 0.2) is 11.5 Å². The molecule has 0 N–H and O–H groups in total. The van der Waals surface area contributed by atoms with Crippen LogP contribution in [-0.4, -0.2) is 53.7 Å². The lowest BCUT2D eigenvalue weighted by Crippen LogP contribution is -2.46. The third-order valence-corrected chi connectivity index (χ3v) is 6.42. The number of nitrogens with zero attached hydrogens (tertiary/aromatic N) is 5. The molecule has 0 aliphatic carbocycles. The molecular weight excluding hydrogens is 382 g/mol. The highest BCUT2D eigenvalue weighted by atomic mass is 16.5. The fourth-order valence-corrected chi connectivity index (χ4v) is 4.78. The van der Waals surface area contributed by atoms with E-state index in [0.717, 1.165) is 73.9 Å². The van der Waals surface area contributed by atoms with Gasteiger partial charge in [0.1, 0.15) is 6.33 Å².